The zero-order valence-electron chi connectivity index (χ0n) is 12.5. The van der Waals surface area contributed by atoms with E-state index in [1.165, 1.54) is 0 Å². The number of hydrogen-bond acceptors (Lipinski definition) is 3. The largest absolute Gasteiger partial charge is 0.330 e. The Morgan fingerprint density at radius 1 is 1.20 bits per heavy atom. The van der Waals surface area contributed by atoms with Gasteiger partial charge in [0.25, 0.3) is 0 Å². The first kappa shape index (κ1) is 16.2. The molecule has 4 N–H and O–H groups in total. The summed E-state index contributed by atoms with van der Waals surface area (Å²) >= 11 is 0. The van der Waals surface area contributed by atoms with E-state index in [9.17, 15) is 9.59 Å². The fourth-order valence-corrected chi connectivity index (χ4v) is 1.37. The van der Waals surface area contributed by atoms with E-state index >= 15 is 0 Å². The highest BCUT2D eigenvalue weighted by molar-refractivity contribution is 5.96. The molecule has 0 saturated carbocycles. The quantitative estimate of drug-likeness (QED) is 0.789. The predicted octanol–water partition coefficient (Wildman–Crippen LogP) is 2.20. The average molecular weight is 277 g/mol. The van der Waals surface area contributed by atoms with Crippen LogP contribution in [0.3, 0.4) is 0 Å². The third kappa shape index (κ3) is 4.66. The summed E-state index contributed by atoms with van der Waals surface area (Å²) < 4.78 is 0. The van der Waals surface area contributed by atoms with Crippen LogP contribution in [0.4, 0.5) is 11.4 Å². The Bertz CT molecular complexity index is 492. The van der Waals surface area contributed by atoms with Crippen molar-refractivity contribution < 1.29 is 9.59 Å². The van der Waals surface area contributed by atoms with Gasteiger partial charge in [0, 0.05) is 29.3 Å². The summed E-state index contributed by atoms with van der Waals surface area (Å²) in [5.41, 5.74) is 6.28. The first-order chi connectivity index (χ1) is 9.24. The lowest BCUT2D eigenvalue weighted by atomic mass is 9.95. The van der Waals surface area contributed by atoms with Gasteiger partial charge in [-0.15, -0.1) is 0 Å². The molecule has 0 spiro atoms. The molecule has 2 amide bonds. The zero-order valence-corrected chi connectivity index (χ0v) is 12.5. The van der Waals surface area contributed by atoms with E-state index in [0.717, 1.165) is 0 Å². The van der Waals surface area contributed by atoms with Crippen molar-refractivity contribution in [3.05, 3.63) is 24.3 Å². The molecule has 1 rings (SSSR count). The first-order valence-electron chi connectivity index (χ1n) is 6.66. The third-order valence-electron chi connectivity index (χ3n) is 2.87. The molecular formula is C15H23N3O2. The molecule has 1 unspecified atom stereocenters. The number of hydrogen-bond donors (Lipinski definition) is 3. The second-order valence-corrected chi connectivity index (χ2v) is 5.91. The molecule has 0 saturated heterocycles. The maximum Gasteiger partial charge on any atom is 0.229 e. The standard InChI is InChI=1S/C15H23N3O2/c1-10(9-16)13(19)17-11-6-5-7-12(8-11)18-14(20)15(2,3)4/h5-8,10H,9,16H2,1-4H3,(H,17,19)(H,18,20). The highest BCUT2D eigenvalue weighted by Gasteiger charge is 2.21. The number of nitrogens with one attached hydrogen (secondary N) is 2. The number of anilines is 2. The Morgan fingerprint density at radius 3 is 2.25 bits per heavy atom. The van der Waals surface area contributed by atoms with Gasteiger partial charge in [0.2, 0.25) is 11.8 Å². The lowest BCUT2D eigenvalue weighted by Crippen LogP contribution is -2.28. The highest BCUT2D eigenvalue weighted by Crippen LogP contribution is 2.20. The van der Waals surface area contributed by atoms with Crippen LogP contribution in [0.5, 0.6) is 0 Å². The van der Waals surface area contributed by atoms with Gasteiger partial charge in [-0.05, 0) is 18.2 Å². The molecule has 1 atom stereocenters. The van der Waals surface area contributed by atoms with Crippen LogP contribution in [0.15, 0.2) is 24.3 Å². The van der Waals surface area contributed by atoms with E-state index < -0.39 is 5.41 Å². The van der Waals surface area contributed by atoms with E-state index in [2.05, 4.69) is 10.6 Å². The van der Waals surface area contributed by atoms with Crippen molar-refractivity contribution in [3.8, 4) is 0 Å². The van der Waals surface area contributed by atoms with Crippen LogP contribution < -0.4 is 16.4 Å². The van der Waals surface area contributed by atoms with Crippen LogP contribution in [0.1, 0.15) is 27.7 Å². The van der Waals surface area contributed by atoms with Gasteiger partial charge in [0.1, 0.15) is 0 Å². The maximum absolute atomic E-state index is 11.9. The molecule has 1 aromatic rings. The Kier molecular flexibility index (Phi) is 5.27. The van der Waals surface area contributed by atoms with Gasteiger partial charge in [0.05, 0.1) is 0 Å². The van der Waals surface area contributed by atoms with Crippen LogP contribution in [-0.2, 0) is 9.59 Å². The molecule has 0 heterocycles. The number of nitrogens with two attached hydrogens (primary N) is 1. The topological polar surface area (TPSA) is 84.2 Å². The number of rotatable bonds is 4. The molecule has 0 radical (unpaired) electrons. The fraction of sp³-hybridized carbons (Fsp3) is 0.467. The summed E-state index contributed by atoms with van der Waals surface area (Å²) in [7, 11) is 0. The minimum Gasteiger partial charge on any atom is -0.330 e. The highest BCUT2D eigenvalue weighted by atomic mass is 16.2. The summed E-state index contributed by atoms with van der Waals surface area (Å²) in [5.74, 6) is -0.453. The zero-order chi connectivity index (χ0) is 15.3. The second-order valence-electron chi connectivity index (χ2n) is 5.91. The van der Waals surface area contributed by atoms with Gasteiger partial charge in [-0.2, -0.15) is 0 Å². The van der Waals surface area contributed by atoms with Crippen molar-refractivity contribution in [2.75, 3.05) is 17.2 Å². The number of benzene rings is 1. The van der Waals surface area contributed by atoms with Gasteiger partial charge >= 0.3 is 0 Å². The van der Waals surface area contributed by atoms with Gasteiger partial charge in [0.15, 0.2) is 0 Å². The Morgan fingerprint density at radius 2 is 1.75 bits per heavy atom. The molecule has 0 aliphatic heterocycles. The van der Waals surface area contributed by atoms with E-state index in [4.69, 9.17) is 5.73 Å². The van der Waals surface area contributed by atoms with E-state index in [1.54, 1.807) is 31.2 Å². The van der Waals surface area contributed by atoms with Crippen LogP contribution in [0, 0.1) is 11.3 Å². The van der Waals surface area contributed by atoms with Crippen molar-refractivity contribution in [3.63, 3.8) is 0 Å². The molecule has 0 aliphatic rings. The average Bonchev–Trinajstić information content (AvgIpc) is 2.37. The van der Waals surface area contributed by atoms with Crippen LogP contribution in [0.25, 0.3) is 0 Å². The first-order valence-corrected chi connectivity index (χ1v) is 6.66. The van der Waals surface area contributed by atoms with E-state index in [-0.39, 0.29) is 17.7 Å². The van der Waals surface area contributed by atoms with E-state index in [0.29, 0.717) is 17.9 Å². The maximum atomic E-state index is 11.9. The van der Waals surface area contributed by atoms with Crippen molar-refractivity contribution in [1.82, 2.24) is 0 Å². The van der Waals surface area contributed by atoms with E-state index in [1.807, 2.05) is 20.8 Å². The SMILES string of the molecule is CC(CN)C(=O)Nc1cccc(NC(=O)C(C)(C)C)c1. The summed E-state index contributed by atoms with van der Waals surface area (Å²) in [4.78, 5) is 23.7. The Balaban J connectivity index is 2.76. The van der Waals surface area contributed by atoms with Crippen LogP contribution in [-0.4, -0.2) is 18.4 Å². The normalized spacial score (nSPS) is 12.7. The molecule has 0 bridgehead atoms. The lowest BCUT2D eigenvalue weighted by molar-refractivity contribution is -0.123. The smallest absolute Gasteiger partial charge is 0.229 e. The number of amides is 2. The molecular weight excluding hydrogens is 254 g/mol. The van der Waals surface area contributed by atoms with Crippen molar-refractivity contribution >= 4 is 23.2 Å². The molecule has 5 heteroatoms. The Hall–Kier alpha value is -1.88. The van der Waals surface area contributed by atoms with Crippen molar-refractivity contribution in [2.24, 2.45) is 17.1 Å². The lowest BCUT2D eigenvalue weighted by Gasteiger charge is -2.18. The van der Waals surface area contributed by atoms with Crippen LogP contribution >= 0.6 is 0 Å². The van der Waals surface area contributed by atoms with Crippen LogP contribution in [0.2, 0.25) is 0 Å². The predicted molar refractivity (Wildman–Crippen MR) is 81.4 cm³/mol. The summed E-state index contributed by atoms with van der Waals surface area (Å²) in [6.45, 7) is 7.59. The molecule has 0 aromatic heterocycles. The molecule has 110 valence electrons. The summed E-state index contributed by atoms with van der Waals surface area (Å²) in [5, 5.41) is 5.60. The minimum atomic E-state index is -0.465. The fourth-order valence-electron chi connectivity index (χ4n) is 1.37. The molecule has 20 heavy (non-hydrogen) atoms. The molecule has 1 aromatic carbocycles. The van der Waals surface area contributed by atoms with Gasteiger partial charge in [-0.3, -0.25) is 9.59 Å². The molecule has 5 nitrogen and oxygen atoms in total. The second kappa shape index (κ2) is 6.52. The van der Waals surface area contributed by atoms with Crippen molar-refractivity contribution in [2.45, 2.75) is 27.7 Å². The Labute approximate surface area is 119 Å². The summed E-state index contributed by atoms with van der Waals surface area (Å²) in [6, 6.07) is 7.06. The monoisotopic (exact) mass is 277 g/mol. The molecule has 0 fully saturated rings. The number of carbonyl (C=O) groups is 2. The number of carbonyl (C=O) groups excluding carboxylic acids is 2. The van der Waals surface area contributed by atoms with Gasteiger partial charge in [-0.25, -0.2) is 0 Å². The van der Waals surface area contributed by atoms with Crippen molar-refractivity contribution in [1.29, 1.82) is 0 Å². The summed E-state index contributed by atoms with van der Waals surface area (Å²) in [6.07, 6.45) is 0. The van der Waals surface area contributed by atoms with Gasteiger partial charge in [-0.1, -0.05) is 33.8 Å². The molecule has 0 aliphatic carbocycles. The minimum absolute atomic E-state index is 0.0729. The van der Waals surface area contributed by atoms with Gasteiger partial charge < -0.3 is 16.4 Å². The third-order valence-corrected chi connectivity index (χ3v) is 2.87.